The number of nitrogens with one attached hydrogen (secondary N) is 3. The van der Waals surface area contributed by atoms with Crippen LogP contribution in [0, 0.1) is 23.5 Å². The number of hydrogen-bond acceptors (Lipinski definition) is 7. The number of quaternary nitrogens is 1. The number of anilines is 2. The molecule has 3 amide bonds. The molecular weight excluding hydrogens is 801 g/mol. The molecular formula is C37H46F2IN8O5+. The van der Waals surface area contributed by atoms with Crippen molar-refractivity contribution in [3.05, 3.63) is 71.7 Å². The van der Waals surface area contributed by atoms with E-state index in [9.17, 15) is 23.2 Å². The quantitative estimate of drug-likeness (QED) is 0.0805. The lowest BCUT2D eigenvalue weighted by molar-refractivity contribution is -0.918. The number of imidazole rings is 1. The third-order valence-corrected chi connectivity index (χ3v) is 10.2. The van der Waals surface area contributed by atoms with Gasteiger partial charge in [0.15, 0.2) is 23.0 Å². The lowest BCUT2D eigenvalue weighted by atomic mass is 9.91. The summed E-state index contributed by atoms with van der Waals surface area (Å²) in [5.41, 5.74) is 2.82. The number of ether oxygens (including phenoxy) is 1. The number of carboxylic acid groups (broad SMARTS) is 1. The summed E-state index contributed by atoms with van der Waals surface area (Å²) in [6.07, 6.45) is 6.54. The Labute approximate surface area is 323 Å². The molecule has 4 heterocycles. The van der Waals surface area contributed by atoms with E-state index < -0.39 is 17.7 Å². The normalized spacial score (nSPS) is 18.5. The van der Waals surface area contributed by atoms with E-state index in [1.165, 1.54) is 36.5 Å². The molecule has 6 rings (SSSR count). The Morgan fingerprint density at radius 3 is 2.47 bits per heavy atom. The molecule has 0 saturated carbocycles. The molecule has 16 heteroatoms. The zero-order valence-electron chi connectivity index (χ0n) is 30.0. The summed E-state index contributed by atoms with van der Waals surface area (Å²) in [5, 5.41) is 18.3. The third kappa shape index (κ3) is 8.80. The maximum Gasteiger partial charge on any atom is 0.407 e. The van der Waals surface area contributed by atoms with Gasteiger partial charge in [-0.15, -0.1) is 24.0 Å². The van der Waals surface area contributed by atoms with E-state index in [-0.39, 0.29) is 53.0 Å². The average Bonchev–Trinajstić information content (AvgIpc) is 3.55. The molecule has 0 atom stereocenters. The van der Waals surface area contributed by atoms with Gasteiger partial charge in [-0.05, 0) is 48.7 Å². The van der Waals surface area contributed by atoms with Crippen molar-refractivity contribution in [2.45, 2.75) is 32.6 Å². The summed E-state index contributed by atoms with van der Waals surface area (Å²) in [6.45, 7) is 6.76. The van der Waals surface area contributed by atoms with Crippen molar-refractivity contribution < 1.29 is 37.5 Å². The molecule has 2 fully saturated rings. The first kappa shape index (κ1) is 39.6. The van der Waals surface area contributed by atoms with Crippen LogP contribution in [0.2, 0.25) is 0 Å². The number of nitrogens with zero attached hydrogens (tertiary/aromatic N) is 5. The minimum Gasteiger partial charge on any atom is -0.494 e. The Morgan fingerprint density at radius 2 is 1.77 bits per heavy atom. The van der Waals surface area contributed by atoms with Crippen molar-refractivity contribution in [2.24, 2.45) is 11.8 Å². The minimum absolute atomic E-state index is 0. The van der Waals surface area contributed by atoms with Crippen LogP contribution in [0.25, 0.3) is 16.9 Å². The standard InChI is InChI=1S/C37H44F2N8O5.HI/c1-4-24-18-26(44-33-34-43-19-29(46(34)15-14-40-33)28-8-9-30(52-3)32(39)31(28)38)6-7-27(24)36(49)42-13-5-12-41-35(48)25-10-16-47(2,17-11-25)22-23-20-45(21-23)37(50)51;/h6-9,14-15,18-19,23,25H,4-5,10-13,16-17,20-22H2,1-3H3,(H3-,40,41,42,44,48,49,50,51);1H/p+1. The first-order valence-electron chi connectivity index (χ1n) is 17.6. The smallest absolute Gasteiger partial charge is 0.407 e. The molecule has 0 aliphatic carbocycles. The number of aromatic nitrogens is 3. The van der Waals surface area contributed by atoms with Crippen LogP contribution in [0.5, 0.6) is 5.75 Å². The zero-order chi connectivity index (χ0) is 37.0. The summed E-state index contributed by atoms with van der Waals surface area (Å²) < 4.78 is 36.7. The van der Waals surface area contributed by atoms with E-state index in [1.54, 1.807) is 22.7 Å². The Bertz CT molecular complexity index is 1960. The van der Waals surface area contributed by atoms with Crippen LogP contribution in [-0.2, 0) is 11.2 Å². The number of rotatable bonds is 13. The van der Waals surface area contributed by atoms with Crippen molar-refractivity contribution in [1.82, 2.24) is 29.9 Å². The summed E-state index contributed by atoms with van der Waals surface area (Å²) in [7, 11) is 3.47. The largest absolute Gasteiger partial charge is 0.494 e. The highest BCUT2D eigenvalue weighted by molar-refractivity contribution is 14.0. The van der Waals surface area contributed by atoms with Crippen LogP contribution < -0.4 is 20.7 Å². The Hall–Kier alpha value is -4.58. The molecule has 4 N–H and O–H groups in total. The van der Waals surface area contributed by atoms with Gasteiger partial charge in [-0.3, -0.25) is 14.0 Å². The van der Waals surface area contributed by atoms with Gasteiger partial charge in [0.05, 0.1) is 45.7 Å². The fraction of sp³-hybridized carbons (Fsp3) is 0.432. The SMILES string of the molecule is CCc1cc(Nc2nccn3c(-c4ccc(OC)c(F)c4F)cnc23)ccc1C(=O)NCCCNC(=O)C1CC[N+](C)(CC2CN(C(=O)O)C2)CC1.I. The second-order valence-corrected chi connectivity index (χ2v) is 13.9. The molecule has 2 aromatic heterocycles. The monoisotopic (exact) mass is 847 g/mol. The van der Waals surface area contributed by atoms with E-state index in [0.717, 1.165) is 42.5 Å². The van der Waals surface area contributed by atoms with Crippen molar-refractivity contribution in [2.75, 3.05) is 65.3 Å². The van der Waals surface area contributed by atoms with E-state index >= 15 is 0 Å². The molecule has 2 saturated heterocycles. The molecule has 53 heavy (non-hydrogen) atoms. The Morgan fingerprint density at radius 1 is 1.04 bits per heavy atom. The Kier molecular flexibility index (Phi) is 12.7. The fourth-order valence-electron chi connectivity index (χ4n) is 7.26. The predicted molar refractivity (Wildman–Crippen MR) is 206 cm³/mol. The van der Waals surface area contributed by atoms with Crippen LogP contribution in [0.4, 0.5) is 25.1 Å². The minimum atomic E-state index is -1.08. The number of fused-ring (bicyclic) bond motifs is 1. The molecule has 13 nitrogen and oxygen atoms in total. The molecule has 0 unspecified atom stereocenters. The number of carbonyl (C=O) groups excluding carboxylic acids is 2. The number of methoxy groups -OCH3 is 1. The third-order valence-electron chi connectivity index (χ3n) is 10.2. The van der Waals surface area contributed by atoms with E-state index in [1.807, 2.05) is 13.0 Å². The van der Waals surface area contributed by atoms with Gasteiger partial charge in [-0.1, -0.05) is 6.92 Å². The zero-order valence-corrected chi connectivity index (χ0v) is 32.4. The van der Waals surface area contributed by atoms with Crippen LogP contribution >= 0.6 is 24.0 Å². The van der Waals surface area contributed by atoms with Crippen LogP contribution in [0.1, 0.15) is 42.1 Å². The molecule has 2 aliphatic heterocycles. The second kappa shape index (κ2) is 17.0. The molecule has 2 aromatic carbocycles. The average molecular weight is 848 g/mol. The van der Waals surface area contributed by atoms with Gasteiger partial charge in [0.2, 0.25) is 11.7 Å². The number of carbonyl (C=O) groups is 3. The summed E-state index contributed by atoms with van der Waals surface area (Å²) >= 11 is 0. The summed E-state index contributed by atoms with van der Waals surface area (Å²) in [5.74, 6) is -1.72. The van der Waals surface area contributed by atoms with Crippen LogP contribution in [0.15, 0.2) is 48.9 Å². The molecule has 0 radical (unpaired) electrons. The van der Waals surface area contributed by atoms with Crippen molar-refractivity contribution >= 4 is 59.0 Å². The van der Waals surface area contributed by atoms with E-state index in [2.05, 4.69) is 33.0 Å². The fourth-order valence-corrected chi connectivity index (χ4v) is 7.26. The van der Waals surface area contributed by atoms with E-state index in [0.29, 0.717) is 73.3 Å². The highest BCUT2D eigenvalue weighted by atomic mass is 127. The number of likely N-dealkylation sites (tertiary alicyclic amines) is 2. The van der Waals surface area contributed by atoms with E-state index in [4.69, 9.17) is 9.84 Å². The maximum absolute atomic E-state index is 14.9. The summed E-state index contributed by atoms with van der Waals surface area (Å²) in [6, 6.07) is 8.18. The Balaban J connectivity index is 0.00000541. The number of hydrogen-bond donors (Lipinski definition) is 4. The molecule has 2 aliphatic rings. The highest BCUT2D eigenvalue weighted by Crippen LogP contribution is 2.32. The van der Waals surface area contributed by atoms with Crippen LogP contribution in [0.3, 0.4) is 0 Å². The number of piperidine rings is 1. The molecule has 284 valence electrons. The molecule has 0 bridgehead atoms. The van der Waals surface area contributed by atoms with Gasteiger partial charge >= 0.3 is 6.09 Å². The van der Waals surface area contributed by atoms with Gasteiger partial charge in [0.25, 0.3) is 5.91 Å². The number of halogens is 3. The molecule has 4 aromatic rings. The second-order valence-electron chi connectivity index (χ2n) is 13.9. The number of amides is 3. The number of aryl methyl sites for hydroxylation is 1. The van der Waals surface area contributed by atoms with Gasteiger partial charge in [0, 0.05) is 80.1 Å². The van der Waals surface area contributed by atoms with Gasteiger partial charge in [-0.2, -0.15) is 4.39 Å². The topological polar surface area (TPSA) is 150 Å². The van der Waals surface area contributed by atoms with Crippen molar-refractivity contribution in [1.29, 1.82) is 0 Å². The first-order valence-corrected chi connectivity index (χ1v) is 17.6. The highest BCUT2D eigenvalue weighted by Gasteiger charge is 2.40. The van der Waals surface area contributed by atoms with Gasteiger partial charge in [-0.25, -0.2) is 19.2 Å². The predicted octanol–water partition coefficient (Wildman–Crippen LogP) is 5.31. The van der Waals surface area contributed by atoms with Gasteiger partial charge < -0.3 is 35.2 Å². The maximum atomic E-state index is 14.9. The lowest BCUT2D eigenvalue weighted by Crippen LogP contribution is -2.60. The van der Waals surface area contributed by atoms with Gasteiger partial charge in [0.1, 0.15) is 0 Å². The van der Waals surface area contributed by atoms with Crippen molar-refractivity contribution in [3.8, 4) is 17.0 Å². The first-order chi connectivity index (χ1) is 25.0. The lowest BCUT2D eigenvalue weighted by Gasteiger charge is -2.46. The summed E-state index contributed by atoms with van der Waals surface area (Å²) in [4.78, 5) is 47.3. The van der Waals surface area contributed by atoms with Crippen molar-refractivity contribution in [3.63, 3.8) is 0 Å². The number of benzene rings is 2. The van der Waals surface area contributed by atoms with Crippen LogP contribution in [-0.4, -0.2) is 107 Å². The molecule has 0 spiro atoms.